The molecule has 4 unspecified atom stereocenters. The summed E-state index contributed by atoms with van der Waals surface area (Å²) in [4.78, 5) is 2.81. The maximum atomic E-state index is 3.57. The third-order valence-corrected chi connectivity index (χ3v) is 4.92. The second-order valence-electron chi connectivity index (χ2n) is 6.29. The van der Waals surface area contributed by atoms with Crippen LogP contribution in [-0.2, 0) is 0 Å². The summed E-state index contributed by atoms with van der Waals surface area (Å²) in [5, 5.41) is 3.57. The molecule has 4 atom stereocenters. The molecule has 0 amide bonds. The standard InChI is InChI=1S/C15H30N2/c1-4-17(14-6-5-9-16-11-14)15-8-7-12(2)10-13(15)3/h12-16H,4-11H2,1-3H3. The summed E-state index contributed by atoms with van der Waals surface area (Å²) in [5.41, 5.74) is 0. The highest BCUT2D eigenvalue weighted by Crippen LogP contribution is 2.33. The summed E-state index contributed by atoms with van der Waals surface area (Å²) in [6.07, 6.45) is 7.05. The molecule has 2 rings (SSSR count). The molecule has 0 bridgehead atoms. The van der Waals surface area contributed by atoms with Crippen LogP contribution in [0.4, 0.5) is 0 Å². The predicted molar refractivity (Wildman–Crippen MR) is 74.2 cm³/mol. The molecular weight excluding hydrogens is 208 g/mol. The zero-order chi connectivity index (χ0) is 12.3. The van der Waals surface area contributed by atoms with Crippen molar-refractivity contribution in [2.45, 2.75) is 65.0 Å². The highest BCUT2D eigenvalue weighted by Gasteiger charge is 2.33. The van der Waals surface area contributed by atoms with Crippen molar-refractivity contribution >= 4 is 0 Å². The second-order valence-corrected chi connectivity index (χ2v) is 6.29. The number of hydrogen-bond donors (Lipinski definition) is 1. The van der Waals surface area contributed by atoms with Gasteiger partial charge in [-0.15, -0.1) is 0 Å². The average molecular weight is 238 g/mol. The molecule has 100 valence electrons. The monoisotopic (exact) mass is 238 g/mol. The molecule has 2 heteroatoms. The zero-order valence-corrected chi connectivity index (χ0v) is 11.9. The predicted octanol–water partition coefficient (Wildman–Crippen LogP) is 2.89. The van der Waals surface area contributed by atoms with Crippen LogP contribution in [-0.4, -0.2) is 36.6 Å². The normalized spacial score (nSPS) is 39.5. The zero-order valence-electron chi connectivity index (χ0n) is 11.9. The summed E-state index contributed by atoms with van der Waals surface area (Å²) in [7, 11) is 0. The third-order valence-electron chi connectivity index (χ3n) is 4.92. The van der Waals surface area contributed by atoms with Crippen molar-refractivity contribution in [3.05, 3.63) is 0 Å². The van der Waals surface area contributed by atoms with E-state index in [1.807, 2.05) is 0 Å². The van der Waals surface area contributed by atoms with Crippen LogP contribution in [0.25, 0.3) is 0 Å². The summed E-state index contributed by atoms with van der Waals surface area (Å²) in [5.74, 6) is 1.84. The Morgan fingerprint density at radius 2 is 2.00 bits per heavy atom. The maximum absolute atomic E-state index is 3.57. The maximum Gasteiger partial charge on any atom is 0.0224 e. The fraction of sp³-hybridized carbons (Fsp3) is 1.00. The molecule has 0 spiro atoms. The largest absolute Gasteiger partial charge is 0.315 e. The van der Waals surface area contributed by atoms with E-state index in [2.05, 4.69) is 31.0 Å². The number of nitrogens with zero attached hydrogens (tertiary/aromatic N) is 1. The van der Waals surface area contributed by atoms with Gasteiger partial charge in [-0.25, -0.2) is 0 Å². The van der Waals surface area contributed by atoms with E-state index in [4.69, 9.17) is 0 Å². The Bertz CT molecular complexity index is 223. The van der Waals surface area contributed by atoms with E-state index in [0.29, 0.717) is 0 Å². The number of hydrogen-bond acceptors (Lipinski definition) is 2. The molecule has 2 aliphatic rings. The highest BCUT2D eigenvalue weighted by atomic mass is 15.2. The molecule has 17 heavy (non-hydrogen) atoms. The van der Waals surface area contributed by atoms with Gasteiger partial charge < -0.3 is 5.32 Å². The Labute approximate surface area is 107 Å². The Hall–Kier alpha value is -0.0800. The molecule has 1 N–H and O–H groups in total. The van der Waals surface area contributed by atoms with Gasteiger partial charge in [0.05, 0.1) is 0 Å². The van der Waals surface area contributed by atoms with E-state index in [1.54, 1.807) is 0 Å². The van der Waals surface area contributed by atoms with Crippen molar-refractivity contribution in [2.75, 3.05) is 19.6 Å². The van der Waals surface area contributed by atoms with Crippen molar-refractivity contribution in [3.63, 3.8) is 0 Å². The summed E-state index contributed by atoms with van der Waals surface area (Å²) in [6, 6.07) is 1.65. The van der Waals surface area contributed by atoms with Crippen molar-refractivity contribution in [1.82, 2.24) is 10.2 Å². The first-order valence-electron chi connectivity index (χ1n) is 7.68. The SMILES string of the molecule is CCN(C1CCCNC1)C1CCC(C)CC1C. The number of rotatable bonds is 3. The van der Waals surface area contributed by atoms with Gasteiger partial charge in [-0.05, 0) is 57.0 Å². The molecule has 1 heterocycles. The molecule has 1 aliphatic carbocycles. The highest BCUT2D eigenvalue weighted by molar-refractivity contribution is 4.88. The first-order chi connectivity index (χ1) is 8.22. The molecule has 1 saturated heterocycles. The molecule has 0 radical (unpaired) electrons. The van der Waals surface area contributed by atoms with Gasteiger partial charge in [0.2, 0.25) is 0 Å². The van der Waals surface area contributed by atoms with Crippen LogP contribution in [0, 0.1) is 11.8 Å². The van der Waals surface area contributed by atoms with E-state index in [1.165, 1.54) is 51.7 Å². The molecule has 0 aromatic carbocycles. The van der Waals surface area contributed by atoms with E-state index in [9.17, 15) is 0 Å². The minimum atomic E-state index is 0.801. The van der Waals surface area contributed by atoms with Crippen molar-refractivity contribution < 1.29 is 0 Å². The van der Waals surface area contributed by atoms with Crippen LogP contribution >= 0.6 is 0 Å². The van der Waals surface area contributed by atoms with Crippen LogP contribution in [0.1, 0.15) is 52.9 Å². The average Bonchev–Trinajstić information content (AvgIpc) is 2.34. The molecule has 1 saturated carbocycles. The van der Waals surface area contributed by atoms with Gasteiger partial charge in [0, 0.05) is 18.6 Å². The first kappa shape index (κ1) is 13.4. The second kappa shape index (κ2) is 6.19. The molecule has 2 fully saturated rings. The van der Waals surface area contributed by atoms with E-state index < -0.39 is 0 Å². The van der Waals surface area contributed by atoms with E-state index >= 15 is 0 Å². The summed E-state index contributed by atoms with van der Waals surface area (Å²) in [6.45, 7) is 10.9. The fourth-order valence-electron chi connectivity index (χ4n) is 4.02. The Balaban J connectivity index is 1.96. The summed E-state index contributed by atoms with van der Waals surface area (Å²) >= 11 is 0. The van der Waals surface area contributed by atoms with Crippen LogP contribution in [0.3, 0.4) is 0 Å². The molecular formula is C15H30N2. The fourth-order valence-corrected chi connectivity index (χ4v) is 4.02. The molecule has 0 aromatic heterocycles. The van der Waals surface area contributed by atoms with Crippen LogP contribution in [0.15, 0.2) is 0 Å². The quantitative estimate of drug-likeness (QED) is 0.813. The Kier molecular flexibility index (Phi) is 4.87. The van der Waals surface area contributed by atoms with Gasteiger partial charge in [0.1, 0.15) is 0 Å². The van der Waals surface area contributed by atoms with Gasteiger partial charge in [0.15, 0.2) is 0 Å². The van der Waals surface area contributed by atoms with Crippen LogP contribution < -0.4 is 5.32 Å². The lowest BCUT2D eigenvalue weighted by Gasteiger charge is -2.45. The van der Waals surface area contributed by atoms with Crippen molar-refractivity contribution in [2.24, 2.45) is 11.8 Å². The Morgan fingerprint density at radius 3 is 2.59 bits per heavy atom. The van der Waals surface area contributed by atoms with E-state index in [0.717, 1.165) is 23.9 Å². The van der Waals surface area contributed by atoms with Crippen LogP contribution in [0.5, 0.6) is 0 Å². The topological polar surface area (TPSA) is 15.3 Å². The first-order valence-corrected chi connectivity index (χ1v) is 7.68. The van der Waals surface area contributed by atoms with Gasteiger partial charge in [-0.3, -0.25) is 4.90 Å². The lowest BCUT2D eigenvalue weighted by Crippen LogP contribution is -2.53. The van der Waals surface area contributed by atoms with Gasteiger partial charge in [-0.1, -0.05) is 20.8 Å². The molecule has 1 aliphatic heterocycles. The van der Waals surface area contributed by atoms with Crippen molar-refractivity contribution in [3.8, 4) is 0 Å². The lowest BCUT2D eigenvalue weighted by atomic mass is 9.78. The van der Waals surface area contributed by atoms with Gasteiger partial charge >= 0.3 is 0 Å². The number of piperidine rings is 1. The summed E-state index contributed by atoms with van der Waals surface area (Å²) < 4.78 is 0. The van der Waals surface area contributed by atoms with Crippen LogP contribution in [0.2, 0.25) is 0 Å². The smallest absolute Gasteiger partial charge is 0.0224 e. The van der Waals surface area contributed by atoms with E-state index in [-0.39, 0.29) is 0 Å². The molecule has 0 aromatic rings. The minimum Gasteiger partial charge on any atom is -0.315 e. The lowest BCUT2D eigenvalue weighted by molar-refractivity contribution is 0.0503. The minimum absolute atomic E-state index is 0.801. The van der Waals surface area contributed by atoms with Gasteiger partial charge in [-0.2, -0.15) is 0 Å². The Morgan fingerprint density at radius 1 is 1.18 bits per heavy atom. The number of likely N-dealkylation sites (N-methyl/N-ethyl adjacent to an activating group) is 1. The van der Waals surface area contributed by atoms with Gasteiger partial charge in [0.25, 0.3) is 0 Å². The van der Waals surface area contributed by atoms with Crippen molar-refractivity contribution in [1.29, 1.82) is 0 Å². The number of nitrogens with one attached hydrogen (secondary N) is 1. The third kappa shape index (κ3) is 3.23. The molecule has 2 nitrogen and oxygen atoms in total.